The van der Waals surface area contributed by atoms with Gasteiger partial charge in [-0.25, -0.2) is 9.18 Å². The van der Waals surface area contributed by atoms with Crippen LogP contribution in [0.25, 0.3) is 0 Å². The third-order valence-corrected chi connectivity index (χ3v) is 3.47. The maximum Gasteiger partial charge on any atom is 0.323 e. The minimum Gasteiger partial charge on any atom is -0.345 e. The highest BCUT2D eigenvalue weighted by atomic mass is 79.9. The first kappa shape index (κ1) is 17.0. The molecule has 0 spiro atoms. The number of rotatable bonds is 3. The Bertz CT molecular complexity index is 733. The van der Waals surface area contributed by atoms with Gasteiger partial charge < -0.3 is 15.5 Å². The van der Waals surface area contributed by atoms with Crippen molar-refractivity contribution in [2.24, 2.45) is 0 Å². The Labute approximate surface area is 141 Å². The third-order valence-electron chi connectivity index (χ3n) is 2.98. The number of benzene rings is 2. The number of carbonyl (C=O) groups excluding carboxylic acids is 2. The minimum absolute atomic E-state index is 0.0742. The van der Waals surface area contributed by atoms with Crippen molar-refractivity contribution in [3.05, 3.63) is 58.3 Å². The summed E-state index contributed by atoms with van der Waals surface area (Å²) in [5.74, 6) is -0.667. The second-order valence-corrected chi connectivity index (χ2v) is 5.90. The fourth-order valence-corrected chi connectivity index (χ4v) is 2.16. The van der Waals surface area contributed by atoms with Gasteiger partial charge in [0, 0.05) is 29.8 Å². The first-order chi connectivity index (χ1) is 10.9. The van der Waals surface area contributed by atoms with E-state index < -0.39 is 11.8 Å². The molecule has 0 aliphatic heterocycles. The van der Waals surface area contributed by atoms with Crippen LogP contribution in [0.3, 0.4) is 0 Å². The van der Waals surface area contributed by atoms with Crippen molar-refractivity contribution in [2.75, 3.05) is 24.7 Å². The molecule has 120 valence electrons. The molecule has 0 saturated heterocycles. The smallest absolute Gasteiger partial charge is 0.323 e. The Morgan fingerprint density at radius 1 is 1.04 bits per heavy atom. The fourth-order valence-electron chi connectivity index (χ4n) is 1.83. The van der Waals surface area contributed by atoms with Gasteiger partial charge in [0.25, 0.3) is 5.91 Å². The Hall–Kier alpha value is -2.41. The summed E-state index contributed by atoms with van der Waals surface area (Å²) in [5.41, 5.74) is 1.08. The molecule has 2 N–H and O–H groups in total. The van der Waals surface area contributed by atoms with Gasteiger partial charge in [0.1, 0.15) is 5.82 Å². The Balaban J connectivity index is 2.01. The lowest BCUT2D eigenvalue weighted by molar-refractivity contribution is 0.0827. The lowest BCUT2D eigenvalue weighted by atomic mass is 10.2. The van der Waals surface area contributed by atoms with Crippen LogP contribution in [0.5, 0.6) is 0 Å². The molecule has 5 nitrogen and oxygen atoms in total. The van der Waals surface area contributed by atoms with Gasteiger partial charge >= 0.3 is 6.03 Å². The van der Waals surface area contributed by atoms with E-state index in [0.717, 1.165) is 0 Å². The molecule has 0 atom stereocenters. The molecule has 0 bridgehead atoms. The third kappa shape index (κ3) is 4.53. The molecule has 0 fully saturated rings. The van der Waals surface area contributed by atoms with Crippen molar-refractivity contribution in [3.8, 4) is 0 Å². The number of nitrogens with one attached hydrogen (secondary N) is 2. The van der Waals surface area contributed by atoms with Crippen LogP contribution in [-0.2, 0) is 0 Å². The highest BCUT2D eigenvalue weighted by molar-refractivity contribution is 9.10. The number of urea groups is 1. The largest absolute Gasteiger partial charge is 0.345 e. The average Bonchev–Trinajstić information content (AvgIpc) is 2.50. The number of anilines is 2. The van der Waals surface area contributed by atoms with Crippen molar-refractivity contribution >= 4 is 39.2 Å². The zero-order valence-electron chi connectivity index (χ0n) is 12.6. The standard InChI is InChI=1S/C16H15BrFN3O2/c1-21(2)15(22)10-3-6-12(7-4-10)19-16(23)20-14-8-5-11(17)9-13(14)18/h3-9H,1-2H3,(H2,19,20,23). The van der Waals surface area contributed by atoms with Crippen molar-refractivity contribution in [3.63, 3.8) is 0 Å². The predicted octanol–water partition coefficient (Wildman–Crippen LogP) is 3.93. The summed E-state index contributed by atoms with van der Waals surface area (Å²) in [6, 6.07) is 10.2. The monoisotopic (exact) mass is 379 g/mol. The molecule has 2 aromatic rings. The van der Waals surface area contributed by atoms with Gasteiger partial charge in [0.15, 0.2) is 0 Å². The zero-order chi connectivity index (χ0) is 17.0. The molecule has 0 aromatic heterocycles. The molecule has 0 heterocycles. The van der Waals surface area contributed by atoms with Gasteiger partial charge in [-0.3, -0.25) is 4.79 Å². The highest BCUT2D eigenvalue weighted by Gasteiger charge is 2.10. The fraction of sp³-hybridized carbons (Fsp3) is 0.125. The van der Waals surface area contributed by atoms with Gasteiger partial charge in [-0.05, 0) is 42.5 Å². The maximum atomic E-state index is 13.7. The average molecular weight is 380 g/mol. The second kappa shape index (κ2) is 7.23. The van der Waals surface area contributed by atoms with Crippen molar-refractivity contribution < 1.29 is 14.0 Å². The summed E-state index contributed by atoms with van der Waals surface area (Å²) < 4.78 is 14.2. The van der Waals surface area contributed by atoms with Crippen LogP contribution >= 0.6 is 15.9 Å². The van der Waals surface area contributed by atoms with Gasteiger partial charge in [-0.2, -0.15) is 0 Å². The van der Waals surface area contributed by atoms with Crippen LogP contribution in [0.2, 0.25) is 0 Å². The molecule has 7 heteroatoms. The molecule has 0 unspecified atom stereocenters. The minimum atomic E-state index is -0.571. The Morgan fingerprint density at radius 2 is 1.70 bits per heavy atom. The predicted molar refractivity (Wildman–Crippen MR) is 91.2 cm³/mol. The highest BCUT2D eigenvalue weighted by Crippen LogP contribution is 2.19. The van der Waals surface area contributed by atoms with Gasteiger partial charge in [-0.15, -0.1) is 0 Å². The Morgan fingerprint density at radius 3 is 2.26 bits per heavy atom. The van der Waals surface area contributed by atoms with Crippen LogP contribution in [0.1, 0.15) is 10.4 Å². The second-order valence-electron chi connectivity index (χ2n) is 4.98. The van der Waals surface area contributed by atoms with Crippen LogP contribution < -0.4 is 10.6 Å². The molecule has 2 aromatic carbocycles. The summed E-state index contributed by atoms with van der Waals surface area (Å²) in [5, 5.41) is 4.99. The quantitative estimate of drug-likeness (QED) is 0.848. The van der Waals surface area contributed by atoms with Crippen LogP contribution in [0.15, 0.2) is 46.9 Å². The lowest BCUT2D eigenvalue weighted by Crippen LogP contribution is -2.22. The van der Waals surface area contributed by atoms with E-state index in [0.29, 0.717) is 15.7 Å². The molecule has 0 radical (unpaired) electrons. The van der Waals surface area contributed by atoms with Gasteiger partial charge in [0.05, 0.1) is 5.69 Å². The molecular weight excluding hydrogens is 365 g/mol. The van der Waals surface area contributed by atoms with E-state index in [9.17, 15) is 14.0 Å². The Kier molecular flexibility index (Phi) is 5.33. The lowest BCUT2D eigenvalue weighted by Gasteiger charge is -2.11. The topological polar surface area (TPSA) is 61.4 Å². The van der Waals surface area contributed by atoms with E-state index in [1.54, 1.807) is 44.4 Å². The SMILES string of the molecule is CN(C)C(=O)c1ccc(NC(=O)Nc2ccc(Br)cc2F)cc1. The van der Waals surface area contributed by atoms with Gasteiger partial charge in [0.2, 0.25) is 0 Å². The molecular formula is C16H15BrFN3O2. The normalized spacial score (nSPS) is 10.1. The first-order valence-electron chi connectivity index (χ1n) is 6.71. The summed E-state index contributed by atoms with van der Waals surface area (Å²) >= 11 is 3.15. The van der Waals surface area contributed by atoms with E-state index in [4.69, 9.17) is 0 Å². The maximum absolute atomic E-state index is 13.7. The molecule has 2 rings (SSSR count). The van der Waals surface area contributed by atoms with E-state index >= 15 is 0 Å². The number of nitrogens with zero attached hydrogens (tertiary/aromatic N) is 1. The van der Waals surface area contributed by atoms with Crippen LogP contribution in [-0.4, -0.2) is 30.9 Å². The summed E-state index contributed by atoms with van der Waals surface area (Å²) in [6.07, 6.45) is 0. The molecule has 23 heavy (non-hydrogen) atoms. The van der Waals surface area contributed by atoms with Crippen molar-refractivity contribution in [1.29, 1.82) is 0 Å². The molecule has 0 aliphatic rings. The summed E-state index contributed by atoms with van der Waals surface area (Å²) in [6.45, 7) is 0. The molecule has 3 amide bonds. The van der Waals surface area contributed by atoms with Crippen LogP contribution in [0.4, 0.5) is 20.6 Å². The number of halogens is 2. The van der Waals surface area contributed by atoms with Crippen LogP contribution in [0, 0.1) is 5.82 Å². The van der Waals surface area contributed by atoms with E-state index in [1.807, 2.05) is 0 Å². The van der Waals surface area contributed by atoms with E-state index in [1.165, 1.54) is 17.0 Å². The number of hydrogen-bond donors (Lipinski definition) is 2. The number of hydrogen-bond acceptors (Lipinski definition) is 2. The summed E-state index contributed by atoms with van der Waals surface area (Å²) in [4.78, 5) is 25.1. The number of carbonyl (C=O) groups is 2. The van der Waals surface area contributed by atoms with Crippen molar-refractivity contribution in [1.82, 2.24) is 4.90 Å². The summed E-state index contributed by atoms with van der Waals surface area (Å²) in [7, 11) is 3.32. The molecule has 0 aliphatic carbocycles. The number of amides is 3. The molecule has 0 saturated carbocycles. The van der Waals surface area contributed by atoms with Crippen molar-refractivity contribution in [2.45, 2.75) is 0 Å². The van der Waals surface area contributed by atoms with E-state index in [2.05, 4.69) is 26.6 Å². The van der Waals surface area contributed by atoms with Gasteiger partial charge in [-0.1, -0.05) is 15.9 Å². The first-order valence-corrected chi connectivity index (χ1v) is 7.51. The zero-order valence-corrected chi connectivity index (χ0v) is 14.1. The van der Waals surface area contributed by atoms with E-state index in [-0.39, 0.29) is 11.6 Å².